The number of aliphatic imine (C=N–C) groups is 1. The number of halogens is 1. The van der Waals surface area contributed by atoms with Crippen LogP contribution in [0, 0.1) is 0 Å². The topological polar surface area (TPSA) is 54.6 Å². The van der Waals surface area contributed by atoms with Crippen molar-refractivity contribution in [3.05, 3.63) is 78.2 Å². The minimum absolute atomic E-state index is 0.0123. The number of rotatable bonds is 4. The fraction of sp³-hybridized carbons (Fsp3) is 0.143. The largest absolute Gasteiger partial charge is 0.493 e. The molecule has 0 radical (unpaired) electrons. The van der Waals surface area contributed by atoms with Gasteiger partial charge in [-0.05, 0) is 29.7 Å². The molecule has 3 aromatic rings. The van der Waals surface area contributed by atoms with Crippen molar-refractivity contribution in [2.24, 2.45) is 4.99 Å². The van der Waals surface area contributed by atoms with Crippen LogP contribution in [0.15, 0.2) is 56.7 Å². The third kappa shape index (κ3) is 3.31. The van der Waals surface area contributed by atoms with Crippen molar-refractivity contribution in [2.75, 3.05) is 0 Å². The van der Waals surface area contributed by atoms with Crippen LogP contribution < -0.4 is 4.87 Å². The molecule has 136 valence electrons. The number of para-hydroxylation sites is 1. The summed E-state index contributed by atoms with van der Waals surface area (Å²) in [7, 11) is 0. The van der Waals surface area contributed by atoms with Crippen LogP contribution in [0.4, 0.5) is 5.69 Å². The highest BCUT2D eigenvalue weighted by atomic mass is 79.9. The second-order valence-corrected chi connectivity index (χ2v) is 8.11. The van der Waals surface area contributed by atoms with E-state index in [1.807, 2.05) is 42.5 Å². The first-order valence-corrected chi connectivity index (χ1v) is 10.2. The third-order valence-corrected chi connectivity index (χ3v) is 6.30. The van der Waals surface area contributed by atoms with E-state index in [2.05, 4.69) is 33.9 Å². The van der Waals surface area contributed by atoms with Gasteiger partial charge in [-0.15, -0.1) is 0 Å². The molecule has 0 spiro atoms. The first kappa shape index (κ1) is 17.9. The highest BCUT2D eigenvalue weighted by Crippen LogP contribution is 2.37. The lowest BCUT2D eigenvalue weighted by Crippen LogP contribution is -2.13. The molecule has 0 saturated carbocycles. The van der Waals surface area contributed by atoms with E-state index >= 15 is 0 Å². The molecule has 1 aliphatic heterocycles. The van der Waals surface area contributed by atoms with E-state index in [0.717, 1.165) is 44.6 Å². The number of benzene rings is 2. The van der Waals surface area contributed by atoms with Crippen molar-refractivity contribution in [1.29, 1.82) is 0 Å². The molecule has 2 aromatic carbocycles. The number of allylic oxidation sites excluding steroid dienone is 1. The summed E-state index contributed by atoms with van der Waals surface area (Å²) in [5.41, 5.74) is 5.05. The molecular formula is C21H17BrN2O2S. The Morgan fingerprint density at radius 2 is 1.96 bits per heavy atom. The summed E-state index contributed by atoms with van der Waals surface area (Å²) >= 11 is 4.53. The van der Waals surface area contributed by atoms with Crippen LogP contribution in [-0.2, 0) is 13.0 Å². The number of aromatic hydroxyl groups is 1. The summed E-state index contributed by atoms with van der Waals surface area (Å²) in [5, 5.41) is 10.6. The van der Waals surface area contributed by atoms with Crippen molar-refractivity contribution in [3.8, 4) is 5.88 Å². The van der Waals surface area contributed by atoms with E-state index in [4.69, 9.17) is 0 Å². The van der Waals surface area contributed by atoms with E-state index in [9.17, 15) is 9.90 Å². The van der Waals surface area contributed by atoms with Crippen molar-refractivity contribution >= 4 is 50.8 Å². The maximum Gasteiger partial charge on any atom is 0.310 e. The molecule has 2 heterocycles. The van der Waals surface area contributed by atoms with Crippen molar-refractivity contribution in [1.82, 2.24) is 4.57 Å². The molecule has 0 unspecified atom stereocenters. The van der Waals surface area contributed by atoms with Gasteiger partial charge in [-0.2, -0.15) is 0 Å². The van der Waals surface area contributed by atoms with Gasteiger partial charge in [-0.3, -0.25) is 14.4 Å². The Morgan fingerprint density at radius 3 is 2.74 bits per heavy atom. The number of hydrogen-bond donors (Lipinski definition) is 1. The average molecular weight is 441 g/mol. The second-order valence-electron chi connectivity index (χ2n) is 6.26. The highest BCUT2D eigenvalue weighted by Gasteiger charge is 2.18. The van der Waals surface area contributed by atoms with E-state index in [1.54, 1.807) is 6.21 Å². The third-order valence-electron chi connectivity index (χ3n) is 4.61. The molecule has 0 amide bonds. The first-order chi connectivity index (χ1) is 13.1. The molecule has 0 fully saturated rings. The smallest absolute Gasteiger partial charge is 0.310 e. The molecule has 0 atom stereocenters. The fourth-order valence-electron chi connectivity index (χ4n) is 3.17. The van der Waals surface area contributed by atoms with Gasteiger partial charge >= 0.3 is 4.87 Å². The monoisotopic (exact) mass is 440 g/mol. The molecule has 27 heavy (non-hydrogen) atoms. The summed E-state index contributed by atoms with van der Waals surface area (Å²) in [5.74, 6) is -0.0123. The first-order valence-electron chi connectivity index (χ1n) is 8.62. The summed E-state index contributed by atoms with van der Waals surface area (Å²) < 4.78 is 2.30. The zero-order valence-electron chi connectivity index (χ0n) is 14.6. The van der Waals surface area contributed by atoms with E-state index < -0.39 is 0 Å². The Kier molecular flexibility index (Phi) is 4.85. The lowest BCUT2D eigenvalue weighted by molar-refractivity contribution is 0.420. The number of hydrogen-bond acceptors (Lipinski definition) is 4. The molecule has 0 saturated heterocycles. The van der Waals surface area contributed by atoms with Gasteiger partial charge < -0.3 is 5.11 Å². The van der Waals surface area contributed by atoms with Crippen molar-refractivity contribution in [2.45, 2.75) is 19.9 Å². The quantitative estimate of drug-likeness (QED) is 0.602. The number of fused-ring (bicyclic) bond motifs is 1. The molecule has 0 bridgehead atoms. The maximum absolute atomic E-state index is 12.4. The predicted octanol–water partition coefficient (Wildman–Crippen LogP) is 5.25. The van der Waals surface area contributed by atoms with Crippen molar-refractivity contribution < 1.29 is 5.11 Å². The summed E-state index contributed by atoms with van der Waals surface area (Å²) in [4.78, 5) is 17.3. The molecule has 6 heteroatoms. The van der Waals surface area contributed by atoms with Gasteiger partial charge in [0.1, 0.15) is 0 Å². The second kappa shape index (κ2) is 7.29. The average Bonchev–Trinajstić information content (AvgIpc) is 3.20. The van der Waals surface area contributed by atoms with Crippen LogP contribution in [0.5, 0.6) is 5.88 Å². The Morgan fingerprint density at radius 1 is 1.19 bits per heavy atom. The van der Waals surface area contributed by atoms with Crippen LogP contribution in [-0.4, -0.2) is 15.9 Å². The van der Waals surface area contributed by atoms with Gasteiger partial charge in [0.15, 0.2) is 0 Å². The molecule has 1 aliphatic rings. The standard InChI is InChI=1S/C21H17BrN2O2S/c1-2-13-7-5-8-16-15(11-23-19(13)16)10-18-20(25)24(21(26)27-18)12-14-6-3-4-9-17(14)22/h3-11,25H,2,12H2,1H3. The van der Waals surface area contributed by atoms with E-state index in [1.165, 1.54) is 10.1 Å². The Labute approximate surface area is 169 Å². The molecule has 4 rings (SSSR count). The summed E-state index contributed by atoms with van der Waals surface area (Å²) in [6, 6.07) is 13.8. The van der Waals surface area contributed by atoms with Gasteiger partial charge in [0.25, 0.3) is 0 Å². The van der Waals surface area contributed by atoms with Gasteiger partial charge in [0, 0.05) is 21.8 Å². The lowest BCUT2D eigenvalue weighted by atomic mass is 10.0. The lowest BCUT2D eigenvalue weighted by Gasteiger charge is -2.06. The van der Waals surface area contributed by atoms with Crippen LogP contribution in [0.25, 0.3) is 11.6 Å². The molecule has 4 nitrogen and oxygen atoms in total. The van der Waals surface area contributed by atoms with Crippen LogP contribution in [0.1, 0.15) is 28.5 Å². The Hall–Kier alpha value is -2.44. The van der Waals surface area contributed by atoms with Crippen LogP contribution >= 0.6 is 27.3 Å². The van der Waals surface area contributed by atoms with E-state index in [-0.39, 0.29) is 10.8 Å². The van der Waals surface area contributed by atoms with Crippen molar-refractivity contribution in [3.63, 3.8) is 0 Å². The number of nitrogens with zero attached hydrogens (tertiary/aromatic N) is 2. The molecule has 1 aromatic heterocycles. The maximum atomic E-state index is 12.4. The number of thiazole rings is 1. The number of aromatic nitrogens is 1. The van der Waals surface area contributed by atoms with Gasteiger partial charge in [0.05, 0.1) is 17.1 Å². The summed E-state index contributed by atoms with van der Waals surface area (Å²) in [6.45, 7) is 2.42. The Bertz CT molecular complexity index is 1140. The zero-order chi connectivity index (χ0) is 19.0. The van der Waals surface area contributed by atoms with E-state index in [0.29, 0.717) is 11.4 Å². The molecule has 0 aliphatic carbocycles. The zero-order valence-corrected chi connectivity index (χ0v) is 17.0. The predicted molar refractivity (Wildman–Crippen MR) is 115 cm³/mol. The van der Waals surface area contributed by atoms with Gasteiger partial charge in [0.2, 0.25) is 5.88 Å². The SMILES string of the molecule is CCc1cccc2c1N=CC2=Cc1sc(=O)n(Cc2ccccc2Br)c1O. The normalized spacial score (nSPS) is 14.1. The highest BCUT2D eigenvalue weighted by molar-refractivity contribution is 9.10. The summed E-state index contributed by atoms with van der Waals surface area (Å²) in [6.07, 6.45) is 4.55. The van der Waals surface area contributed by atoms with Gasteiger partial charge in [-0.25, -0.2) is 0 Å². The Balaban J connectivity index is 1.72. The minimum Gasteiger partial charge on any atom is -0.493 e. The molecular weight excluding hydrogens is 424 g/mol. The number of aryl methyl sites for hydroxylation is 1. The van der Waals surface area contributed by atoms with Gasteiger partial charge in [-0.1, -0.05) is 70.6 Å². The van der Waals surface area contributed by atoms with Crippen LogP contribution in [0.3, 0.4) is 0 Å². The molecule has 1 N–H and O–H groups in total. The minimum atomic E-state index is -0.187. The van der Waals surface area contributed by atoms with Crippen LogP contribution in [0.2, 0.25) is 0 Å². The fourth-order valence-corrected chi connectivity index (χ4v) is 4.41.